The molecule has 126 valence electrons. The zero-order chi connectivity index (χ0) is 17.6. The molecule has 0 radical (unpaired) electrons. The van der Waals surface area contributed by atoms with E-state index in [-0.39, 0.29) is 18.3 Å². The van der Waals surface area contributed by atoms with Gasteiger partial charge in [0, 0.05) is 25.0 Å². The van der Waals surface area contributed by atoms with Crippen molar-refractivity contribution in [3.8, 4) is 11.8 Å². The van der Waals surface area contributed by atoms with Crippen LogP contribution in [-0.4, -0.2) is 15.5 Å². The molecule has 0 saturated carbocycles. The summed E-state index contributed by atoms with van der Waals surface area (Å²) in [4.78, 5) is 16.5. The summed E-state index contributed by atoms with van der Waals surface area (Å²) in [6.07, 6.45) is 4.92. The summed E-state index contributed by atoms with van der Waals surface area (Å²) in [5, 5.41) is 11.7. The fraction of sp³-hybridized carbons (Fsp3) is 0.167. The van der Waals surface area contributed by atoms with Gasteiger partial charge in [-0.1, -0.05) is 6.07 Å². The lowest BCUT2D eigenvalue weighted by atomic mass is 10.2. The first-order valence-corrected chi connectivity index (χ1v) is 7.61. The lowest BCUT2D eigenvalue weighted by molar-refractivity contribution is 0.0918. The number of carbonyl (C=O) groups excluding carboxylic acids is 1. The number of benzene rings is 1. The molecule has 0 saturated heterocycles. The number of hydrogen-bond acceptors (Lipinski definition) is 5. The van der Waals surface area contributed by atoms with Crippen LogP contribution in [0.25, 0.3) is 0 Å². The van der Waals surface area contributed by atoms with Gasteiger partial charge in [-0.3, -0.25) is 4.79 Å². The molecule has 0 fully saturated rings. The second-order valence-electron chi connectivity index (χ2n) is 5.34. The molecule has 0 unspecified atom stereocenters. The van der Waals surface area contributed by atoms with E-state index in [1.807, 2.05) is 17.8 Å². The number of nitrogens with one attached hydrogen (secondary N) is 1. The van der Waals surface area contributed by atoms with Crippen molar-refractivity contribution < 1.29 is 13.9 Å². The second kappa shape index (κ2) is 7.36. The van der Waals surface area contributed by atoms with Gasteiger partial charge in [-0.15, -0.1) is 0 Å². The highest BCUT2D eigenvalue weighted by Crippen LogP contribution is 2.17. The van der Waals surface area contributed by atoms with Gasteiger partial charge < -0.3 is 19.0 Å². The van der Waals surface area contributed by atoms with E-state index >= 15 is 0 Å². The van der Waals surface area contributed by atoms with Crippen LogP contribution in [0.15, 0.2) is 53.4 Å². The number of ether oxygens (including phenoxy) is 1. The van der Waals surface area contributed by atoms with E-state index in [1.54, 1.807) is 36.5 Å². The maximum atomic E-state index is 12.3. The monoisotopic (exact) mass is 336 g/mol. The third-order valence-corrected chi connectivity index (χ3v) is 3.64. The summed E-state index contributed by atoms with van der Waals surface area (Å²) in [7, 11) is 1.86. The zero-order valence-corrected chi connectivity index (χ0v) is 13.6. The summed E-state index contributed by atoms with van der Waals surface area (Å²) in [5.74, 6) is 1.16. The highest BCUT2D eigenvalue weighted by molar-refractivity contribution is 5.92. The zero-order valence-electron chi connectivity index (χ0n) is 13.6. The maximum absolute atomic E-state index is 12.3. The molecule has 1 amide bonds. The second-order valence-corrected chi connectivity index (χ2v) is 5.34. The lowest BCUT2D eigenvalue weighted by Crippen LogP contribution is -2.25. The number of amides is 1. The Bertz CT molecular complexity index is 920. The number of nitriles is 1. The smallest absolute Gasteiger partial charge is 0.287 e. The molecule has 1 aromatic carbocycles. The summed E-state index contributed by atoms with van der Waals surface area (Å²) >= 11 is 0. The summed E-state index contributed by atoms with van der Waals surface area (Å²) < 4.78 is 12.8. The number of imidazole rings is 1. The Hall–Kier alpha value is -3.53. The molecule has 2 aromatic heterocycles. The molecule has 0 aliphatic rings. The largest absolute Gasteiger partial charge is 0.489 e. The first-order chi connectivity index (χ1) is 12.2. The maximum Gasteiger partial charge on any atom is 0.287 e. The van der Waals surface area contributed by atoms with E-state index in [0.717, 1.165) is 5.82 Å². The molecule has 0 aliphatic heterocycles. The summed E-state index contributed by atoms with van der Waals surface area (Å²) in [6, 6.07) is 10.6. The van der Waals surface area contributed by atoms with Gasteiger partial charge in [0.05, 0.1) is 24.4 Å². The predicted molar refractivity (Wildman–Crippen MR) is 88.6 cm³/mol. The Morgan fingerprint density at radius 3 is 3.08 bits per heavy atom. The number of aryl methyl sites for hydroxylation is 1. The van der Waals surface area contributed by atoms with E-state index in [9.17, 15) is 4.79 Å². The standard InChI is InChI=1S/C18H16N4O3/c1-22-7-6-20-16(22)11-21-18(23)17-14(5-8-24-17)12-25-15-4-2-3-13(9-15)10-19/h2-9H,11-12H2,1H3,(H,21,23). The van der Waals surface area contributed by atoms with Crippen LogP contribution in [0.4, 0.5) is 0 Å². The van der Waals surface area contributed by atoms with Crippen LogP contribution in [0.3, 0.4) is 0 Å². The van der Waals surface area contributed by atoms with Crippen LogP contribution in [0, 0.1) is 11.3 Å². The lowest BCUT2D eigenvalue weighted by Gasteiger charge is -2.07. The molecular weight excluding hydrogens is 320 g/mol. The summed E-state index contributed by atoms with van der Waals surface area (Å²) in [5.41, 5.74) is 1.14. The van der Waals surface area contributed by atoms with Crippen LogP contribution in [0.5, 0.6) is 5.75 Å². The van der Waals surface area contributed by atoms with Gasteiger partial charge in [0.1, 0.15) is 18.2 Å². The fourth-order valence-electron chi connectivity index (χ4n) is 2.27. The van der Waals surface area contributed by atoms with Crippen molar-refractivity contribution in [3.05, 3.63) is 71.7 Å². The van der Waals surface area contributed by atoms with E-state index in [2.05, 4.69) is 16.4 Å². The highest BCUT2D eigenvalue weighted by atomic mass is 16.5. The minimum Gasteiger partial charge on any atom is -0.489 e. The van der Waals surface area contributed by atoms with Gasteiger partial charge in [0.25, 0.3) is 5.91 Å². The van der Waals surface area contributed by atoms with Gasteiger partial charge in [-0.2, -0.15) is 5.26 Å². The van der Waals surface area contributed by atoms with Gasteiger partial charge in [-0.05, 0) is 24.3 Å². The van der Waals surface area contributed by atoms with Crippen molar-refractivity contribution in [3.63, 3.8) is 0 Å². The number of hydrogen-bond donors (Lipinski definition) is 1. The van der Waals surface area contributed by atoms with Gasteiger partial charge in [0.2, 0.25) is 0 Å². The number of aromatic nitrogens is 2. The molecular formula is C18H16N4O3. The third-order valence-electron chi connectivity index (χ3n) is 3.64. The fourth-order valence-corrected chi connectivity index (χ4v) is 2.27. The number of furan rings is 1. The Morgan fingerprint density at radius 1 is 1.44 bits per heavy atom. The van der Waals surface area contributed by atoms with Crippen molar-refractivity contribution in [1.82, 2.24) is 14.9 Å². The molecule has 3 rings (SSSR count). The number of nitrogens with zero attached hydrogens (tertiary/aromatic N) is 3. The van der Waals surface area contributed by atoms with E-state index in [1.165, 1.54) is 6.26 Å². The first-order valence-electron chi connectivity index (χ1n) is 7.61. The third kappa shape index (κ3) is 3.87. The van der Waals surface area contributed by atoms with Crippen LogP contribution in [0.2, 0.25) is 0 Å². The van der Waals surface area contributed by atoms with Crippen molar-refractivity contribution in [2.45, 2.75) is 13.2 Å². The molecule has 0 bridgehead atoms. The topological polar surface area (TPSA) is 93.1 Å². The SMILES string of the molecule is Cn1ccnc1CNC(=O)c1occc1COc1cccc(C#N)c1. The van der Waals surface area contributed by atoms with Crippen LogP contribution in [-0.2, 0) is 20.2 Å². The number of rotatable bonds is 6. The Balaban J connectivity index is 1.62. The predicted octanol–water partition coefficient (Wildman–Crippen LogP) is 2.39. The number of carbonyl (C=O) groups is 1. The minimum atomic E-state index is -0.336. The first kappa shape index (κ1) is 16.3. The molecule has 1 N–H and O–H groups in total. The molecule has 25 heavy (non-hydrogen) atoms. The quantitative estimate of drug-likeness (QED) is 0.746. The van der Waals surface area contributed by atoms with E-state index < -0.39 is 0 Å². The van der Waals surface area contributed by atoms with Crippen molar-refractivity contribution >= 4 is 5.91 Å². The summed E-state index contributed by atoms with van der Waals surface area (Å²) in [6.45, 7) is 0.462. The average Bonchev–Trinajstić information content (AvgIpc) is 3.27. The molecule has 7 nitrogen and oxygen atoms in total. The minimum absolute atomic E-state index is 0.163. The van der Waals surface area contributed by atoms with Gasteiger partial charge in [-0.25, -0.2) is 4.98 Å². The molecule has 3 aromatic rings. The molecule has 2 heterocycles. The van der Waals surface area contributed by atoms with Crippen molar-refractivity contribution in [2.75, 3.05) is 0 Å². The van der Waals surface area contributed by atoms with Crippen LogP contribution < -0.4 is 10.1 Å². The van der Waals surface area contributed by atoms with Crippen LogP contribution >= 0.6 is 0 Å². The van der Waals surface area contributed by atoms with Crippen molar-refractivity contribution in [1.29, 1.82) is 5.26 Å². The van der Waals surface area contributed by atoms with Crippen molar-refractivity contribution in [2.24, 2.45) is 7.05 Å². The molecule has 0 atom stereocenters. The van der Waals surface area contributed by atoms with Gasteiger partial charge >= 0.3 is 0 Å². The van der Waals surface area contributed by atoms with Crippen LogP contribution in [0.1, 0.15) is 27.5 Å². The normalized spacial score (nSPS) is 10.2. The molecule has 0 spiro atoms. The van der Waals surface area contributed by atoms with Gasteiger partial charge in [0.15, 0.2) is 5.76 Å². The highest BCUT2D eigenvalue weighted by Gasteiger charge is 2.16. The Labute approximate surface area is 144 Å². The average molecular weight is 336 g/mol. The molecule has 0 aliphatic carbocycles. The van der Waals surface area contributed by atoms with E-state index in [4.69, 9.17) is 14.4 Å². The molecule has 7 heteroatoms. The van der Waals surface area contributed by atoms with E-state index in [0.29, 0.717) is 23.4 Å². The Morgan fingerprint density at radius 2 is 2.32 bits per heavy atom. The Kier molecular flexibility index (Phi) is 4.81.